The third-order valence-electron chi connectivity index (χ3n) is 2.30. The molecule has 70 valence electrons. The maximum Gasteiger partial charge on any atom is 0.151 e. The van der Waals surface area contributed by atoms with Gasteiger partial charge >= 0.3 is 0 Å². The summed E-state index contributed by atoms with van der Waals surface area (Å²) in [6.07, 6.45) is 3.84. The minimum Gasteiger partial charge on any atom is -0.355 e. The molecule has 0 radical (unpaired) electrons. The predicted octanol–water partition coefficient (Wildman–Crippen LogP) is 2.12. The third-order valence-corrected chi connectivity index (χ3v) is 2.50. The van der Waals surface area contributed by atoms with E-state index in [0.29, 0.717) is 5.15 Å². The van der Waals surface area contributed by atoms with E-state index in [2.05, 4.69) is 15.1 Å². The fourth-order valence-electron chi connectivity index (χ4n) is 1.60. The van der Waals surface area contributed by atoms with Gasteiger partial charge in [0.2, 0.25) is 0 Å². The molecule has 0 unspecified atom stereocenters. The molecule has 0 spiro atoms. The van der Waals surface area contributed by atoms with Crippen LogP contribution in [0.25, 0.3) is 0 Å². The van der Waals surface area contributed by atoms with Gasteiger partial charge in [-0.25, -0.2) is 0 Å². The van der Waals surface area contributed by atoms with Gasteiger partial charge in [-0.1, -0.05) is 11.6 Å². The average molecular weight is 198 g/mol. The summed E-state index contributed by atoms with van der Waals surface area (Å²) >= 11 is 5.66. The lowest BCUT2D eigenvalue weighted by atomic mass is 10.1. The quantitative estimate of drug-likeness (QED) is 0.691. The summed E-state index contributed by atoms with van der Waals surface area (Å²) in [5.41, 5.74) is 0. The Morgan fingerprint density at radius 1 is 1.08 bits per heavy atom. The molecule has 0 amide bonds. The van der Waals surface area contributed by atoms with Crippen LogP contribution < -0.4 is 4.90 Å². The lowest BCUT2D eigenvalue weighted by molar-refractivity contribution is 0.571. The van der Waals surface area contributed by atoms with Gasteiger partial charge in [0, 0.05) is 13.1 Å². The van der Waals surface area contributed by atoms with Crippen LogP contribution in [0, 0.1) is 0 Å². The smallest absolute Gasteiger partial charge is 0.151 e. The van der Waals surface area contributed by atoms with Crippen molar-refractivity contribution in [3.63, 3.8) is 0 Å². The van der Waals surface area contributed by atoms with E-state index in [1.807, 2.05) is 6.07 Å². The van der Waals surface area contributed by atoms with Crippen molar-refractivity contribution in [3.8, 4) is 0 Å². The minimum absolute atomic E-state index is 0.459. The maximum atomic E-state index is 5.66. The Morgan fingerprint density at radius 3 is 2.46 bits per heavy atom. The van der Waals surface area contributed by atoms with Gasteiger partial charge in [-0.3, -0.25) is 0 Å². The average Bonchev–Trinajstić information content (AvgIpc) is 2.20. The van der Waals surface area contributed by atoms with Gasteiger partial charge in [-0.05, 0) is 31.4 Å². The van der Waals surface area contributed by atoms with E-state index in [1.54, 1.807) is 6.07 Å². The van der Waals surface area contributed by atoms with Gasteiger partial charge < -0.3 is 4.90 Å². The molecule has 1 aliphatic heterocycles. The highest BCUT2D eigenvalue weighted by molar-refractivity contribution is 6.29. The molecule has 0 aromatic carbocycles. The Balaban J connectivity index is 2.10. The predicted molar refractivity (Wildman–Crippen MR) is 53.1 cm³/mol. The summed E-state index contributed by atoms with van der Waals surface area (Å²) in [6.45, 7) is 2.19. The number of aromatic nitrogens is 2. The third kappa shape index (κ3) is 2.10. The van der Waals surface area contributed by atoms with Gasteiger partial charge in [-0.15, -0.1) is 10.2 Å². The van der Waals surface area contributed by atoms with Crippen molar-refractivity contribution >= 4 is 17.4 Å². The Morgan fingerprint density at radius 2 is 1.85 bits per heavy atom. The number of rotatable bonds is 1. The minimum atomic E-state index is 0.459. The molecule has 0 aliphatic carbocycles. The molecule has 1 aromatic heterocycles. The lowest BCUT2D eigenvalue weighted by Gasteiger charge is -2.26. The molecule has 0 saturated carbocycles. The molecule has 3 nitrogen and oxygen atoms in total. The van der Waals surface area contributed by atoms with Crippen LogP contribution in [-0.4, -0.2) is 23.3 Å². The Labute approximate surface area is 82.7 Å². The van der Waals surface area contributed by atoms with Crippen LogP contribution in [0.3, 0.4) is 0 Å². The summed E-state index contributed by atoms with van der Waals surface area (Å²) in [6, 6.07) is 3.72. The van der Waals surface area contributed by atoms with Crippen molar-refractivity contribution in [2.45, 2.75) is 19.3 Å². The topological polar surface area (TPSA) is 29.0 Å². The van der Waals surface area contributed by atoms with E-state index in [4.69, 9.17) is 11.6 Å². The summed E-state index contributed by atoms with van der Waals surface area (Å²) in [4.78, 5) is 2.26. The first kappa shape index (κ1) is 8.75. The second-order valence-corrected chi connectivity index (χ2v) is 3.65. The van der Waals surface area contributed by atoms with Gasteiger partial charge in [-0.2, -0.15) is 0 Å². The molecule has 13 heavy (non-hydrogen) atoms. The zero-order chi connectivity index (χ0) is 9.10. The molecule has 0 N–H and O–H groups in total. The summed E-state index contributed by atoms with van der Waals surface area (Å²) < 4.78 is 0. The Hall–Kier alpha value is -0.830. The first-order chi connectivity index (χ1) is 6.36. The fourth-order valence-corrected chi connectivity index (χ4v) is 1.70. The number of nitrogens with zero attached hydrogens (tertiary/aromatic N) is 3. The monoisotopic (exact) mass is 197 g/mol. The largest absolute Gasteiger partial charge is 0.355 e. The molecule has 1 aliphatic rings. The number of anilines is 1. The normalized spacial score (nSPS) is 17.5. The van der Waals surface area contributed by atoms with Crippen LogP contribution in [0.5, 0.6) is 0 Å². The van der Waals surface area contributed by atoms with Crippen molar-refractivity contribution in [1.82, 2.24) is 10.2 Å². The molecule has 0 atom stereocenters. The molecular weight excluding hydrogens is 186 g/mol. The molecule has 2 heterocycles. The Kier molecular flexibility index (Phi) is 2.64. The van der Waals surface area contributed by atoms with Gasteiger partial charge in [0.15, 0.2) is 11.0 Å². The Bertz CT molecular complexity index is 267. The van der Waals surface area contributed by atoms with Crippen LogP contribution in [0.1, 0.15) is 19.3 Å². The van der Waals surface area contributed by atoms with Crippen LogP contribution in [0.4, 0.5) is 5.82 Å². The van der Waals surface area contributed by atoms with Gasteiger partial charge in [0.1, 0.15) is 0 Å². The van der Waals surface area contributed by atoms with E-state index in [1.165, 1.54) is 19.3 Å². The van der Waals surface area contributed by atoms with E-state index in [9.17, 15) is 0 Å². The number of halogens is 1. The summed E-state index contributed by atoms with van der Waals surface area (Å²) in [7, 11) is 0. The highest BCUT2D eigenvalue weighted by Gasteiger charge is 2.11. The zero-order valence-electron chi connectivity index (χ0n) is 7.41. The first-order valence-corrected chi connectivity index (χ1v) is 4.98. The van der Waals surface area contributed by atoms with Crippen molar-refractivity contribution in [3.05, 3.63) is 17.3 Å². The number of hydrogen-bond acceptors (Lipinski definition) is 3. The van der Waals surface area contributed by atoms with Crippen molar-refractivity contribution in [2.24, 2.45) is 0 Å². The van der Waals surface area contributed by atoms with Gasteiger partial charge in [0.05, 0.1) is 0 Å². The molecule has 1 fully saturated rings. The molecular formula is C9H12ClN3. The molecule has 4 heteroatoms. The second kappa shape index (κ2) is 3.92. The first-order valence-electron chi connectivity index (χ1n) is 4.60. The summed E-state index contributed by atoms with van der Waals surface area (Å²) in [5, 5.41) is 8.33. The van der Waals surface area contributed by atoms with Crippen LogP contribution >= 0.6 is 11.6 Å². The van der Waals surface area contributed by atoms with E-state index in [0.717, 1.165) is 18.9 Å². The fraction of sp³-hybridized carbons (Fsp3) is 0.556. The highest BCUT2D eigenvalue weighted by atomic mass is 35.5. The number of hydrogen-bond donors (Lipinski definition) is 0. The van der Waals surface area contributed by atoms with Gasteiger partial charge in [0.25, 0.3) is 0 Å². The van der Waals surface area contributed by atoms with E-state index >= 15 is 0 Å². The van der Waals surface area contributed by atoms with Crippen LogP contribution in [0.15, 0.2) is 12.1 Å². The van der Waals surface area contributed by atoms with Crippen LogP contribution in [0.2, 0.25) is 5.15 Å². The maximum absolute atomic E-state index is 5.66. The molecule has 2 rings (SSSR count). The van der Waals surface area contributed by atoms with Crippen LogP contribution in [-0.2, 0) is 0 Å². The van der Waals surface area contributed by atoms with Crippen molar-refractivity contribution in [1.29, 1.82) is 0 Å². The van der Waals surface area contributed by atoms with Crippen molar-refractivity contribution < 1.29 is 0 Å². The lowest BCUT2D eigenvalue weighted by Crippen LogP contribution is -2.30. The zero-order valence-corrected chi connectivity index (χ0v) is 8.17. The second-order valence-electron chi connectivity index (χ2n) is 3.26. The molecule has 1 saturated heterocycles. The molecule has 1 aromatic rings. The number of piperidine rings is 1. The van der Waals surface area contributed by atoms with E-state index in [-0.39, 0.29) is 0 Å². The molecule has 0 bridgehead atoms. The summed E-state index contributed by atoms with van der Waals surface area (Å²) in [5.74, 6) is 0.948. The highest BCUT2D eigenvalue weighted by Crippen LogP contribution is 2.17. The standard InChI is InChI=1S/C9H12ClN3/c10-8-4-5-9(12-11-8)13-6-2-1-3-7-13/h4-5H,1-3,6-7H2. The van der Waals surface area contributed by atoms with Crippen molar-refractivity contribution in [2.75, 3.05) is 18.0 Å². The van der Waals surface area contributed by atoms with E-state index < -0.39 is 0 Å². The SMILES string of the molecule is Clc1ccc(N2CCCCC2)nn1.